The Hall–Kier alpha value is -0.980. The lowest BCUT2D eigenvalue weighted by Gasteiger charge is -2.36. The standard InChI is InChI=1S/C11H19N3O3/c1-8-13-10(17-14-8)6-15-5-9-4-12-7-11(2,3)16-9/h9,12H,4-7H2,1-3H3. The number of hydrogen-bond donors (Lipinski definition) is 1. The molecule has 1 saturated heterocycles. The van der Waals surface area contributed by atoms with Crippen molar-refractivity contribution in [3.05, 3.63) is 11.7 Å². The van der Waals surface area contributed by atoms with E-state index in [4.69, 9.17) is 14.0 Å². The van der Waals surface area contributed by atoms with Gasteiger partial charge in [-0.3, -0.25) is 0 Å². The van der Waals surface area contributed by atoms with E-state index in [1.54, 1.807) is 6.92 Å². The molecule has 0 spiro atoms. The zero-order chi connectivity index (χ0) is 12.3. The molecular weight excluding hydrogens is 222 g/mol. The van der Waals surface area contributed by atoms with Gasteiger partial charge in [0, 0.05) is 13.1 Å². The molecule has 6 nitrogen and oxygen atoms in total. The third-order valence-electron chi connectivity index (χ3n) is 2.51. The highest BCUT2D eigenvalue weighted by Gasteiger charge is 2.28. The van der Waals surface area contributed by atoms with Crippen LogP contribution in [0.25, 0.3) is 0 Å². The van der Waals surface area contributed by atoms with E-state index in [9.17, 15) is 0 Å². The summed E-state index contributed by atoms with van der Waals surface area (Å²) in [4.78, 5) is 4.06. The first-order valence-corrected chi connectivity index (χ1v) is 5.81. The Morgan fingerprint density at radius 3 is 3.00 bits per heavy atom. The molecule has 1 aromatic heterocycles. The van der Waals surface area contributed by atoms with Crippen LogP contribution in [-0.2, 0) is 16.1 Å². The minimum absolute atomic E-state index is 0.0720. The maximum atomic E-state index is 5.86. The van der Waals surface area contributed by atoms with Crippen LogP contribution in [0.5, 0.6) is 0 Å². The third-order valence-corrected chi connectivity index (χ3v) is 2.51. The summed E-state index contributed by atoms with van der Waals surface area (Å²) in [6, 6.07) is 0. The molecule has 0 bridgehead atoms. The van der Waals surface area contributed by atoms with Crippen molar-refractivity contribution in [2.75, 3.05) is 19.7 Å². The van der Waals surface area contributed by atoms with Crippen LogP contribution in [0.3, 0.4) is 0 Å². The molecule has 1 unspecified atom stereocenters. The zero-order valence-electron chi connectivity index (χ0n) is 10.5. The number of aromatic nitrogens is 2. The maximum absolute atomic E-state index is 5.86. The predicted molar refractivity (Wildman–Crippen MR) is 60.5 cm³/mol. The van der Waals surface area contributed by atoms with Crippen LogP contribution in [-0.4, -0.2) is 41.5 Å². The van der Waals surface area contributed by atoms with Crippen LogP contribution in [0.15, 0.2) is 4.52 Å². The first-order valence-electron chi connectivity index (χ1n) is 5.81. The fraction of sp³-hybridized carbons (Fsp3) is 0.818. The van der Waals surface area contributed by atoms with Crippen LogP contribution in [0, 0.1) is 6.92 Å². The van der Waals surface area contributed by atoms with E-state index < -0.39 is 0 Å². The van der Waals surface area contributed by atoms with Gasteiger partial charge >= 0.3 is 0 Å². The van der Waals surface area contributed by atoms with Crippen molar-refractivity contribution >= 4 is 0 Å². The molecule has 0 aliphatic carbocycles. The van der Waals surface area contributed by atoms with Gasteiger partial charge in [-0.25, -0.2) is 0 Å². The van der Waals surface area contributed by atoms with E-state index in [0.717, 1.165) is 13.1 Å². The van der Waals surface area contributed by atoms with Crippen LogP contribution in [0.2, 0.25) is 0 Å². The van der Waals surface area contributed by atoms with Gasteiger partial charge in [0.05, 0.1) is 18.3 Å². The molecule has 2 heterocycles. The lowest BCUT2D eigenvalue weighted by atomic mass is 10.1. The van der Waals surface area contributed by atoms with Crippen molar-refractivity contribution in [3.63, 3.8) is 0 Å². The van der Waals surface area contributed by atoms with Crippen molar-refractivity contribution in [2.45, 2.75) is 39.1 Å². The summed E-state index contributed by atoms with van der Waals surface area (Å²) in [5.41, 5.74) is -0.132. The highest BCUT2D eigenvalue weighted by molar-refractivity contribution is 4.82. The Kier molecular flexibility index (Phi) is 3.76. The minimum atomic E-state index is -0.132. The quantitative estimate of drug-likeness (QED) is 0.835. The normalized spacial score (nSPS) is 23.8. The molecule has 96 valence electrons. The lowest BCUT2D eigenvalue weighted by molar-refractivity contribution is -0.123. The van der Waals surface area contributed by atoms with Crippen molar-refractivity contribution in [3.8, 4) is 0 Å². The third kappa shape index (κ3) is 3.76. The van der Waals surface area contributed by atoms with E-state index in [1.165, 1.54) is 0 Å². The molecular formula is C11H19N3O3. The van der Waals surface area contributed by atoms with E-state index in [2.05, 4.69) is 29.3 Å². The molecule has 1 atom stereocenters. The minimum Gasteiger partial charge on any atom is -0.369 e. The molecule has 2 rings (SSSR count). The highest BCUT2D eigenvalue weighted by Crippen LogP contribution is 2.15. The Morgan fingerprint density at radius 2 is 2.35 bits per heavy atom. The summed E-state index contributed by atoms with van der Waals surface area (Å²) in [6.07, 6.45) is 0.0720. The molecule has 1 aliphatic rings. The molecule has 0 radical (unpaired) electrons. The van der Waals surface area contributed by atoms with Crippen LogP contribution >= 0.6 is 0 Å². The Morgan fingerprint density at radius 1 is 1.53 bits per heavy atom. The zero-order valence-corrected chi connectivity index (χ0v) is 10.5. The van der Waals surface area contributed by atoms with E-state index in [0.29, 0.717) is 24.9 Å². The van der Waals surface area contributed by atoms with Gasteiger partial charge in [-0.2, -0.15) is 4.98 Å². The van der Waals surface area contributed by atoms with Gasteiger partial charge in [0.2, 0.25) is 0 Å². The number of nitrogens with zero attached hydrogens (tertiary/aromatic N) is 2. The number of morpholine rings is 1. The predicted octanol–water partition coefficient (Wildman–Crippen LogP) is 0.662. The van der Waals surface area contributed by atoms with Gasteiger partial charge in [0.15, 0.2) is 5.82 Å². The van der Waals surface area contributed by atoms with Gasteiger partial charge in [-0.05, 0) is 20.8 Å². The first kappa shape index (κ1) is 12.5. The largest absolute Gasteiger partial charge is 0.369 e. The molecule has 1 aliphatic heterocycles. The molecule has 0 amide bonds. The van der Waals surface area contributed by atoms with Gasteiger partial charge in [0.1, 0.15) is 6.61 Å². The average Bonchev–Trinajstić information content (AvgIpc) is 2.63. The molecule has 0 aromatic carbocycles. The number of ether oxygens (including phenoxy) is 2. The van der Waals surface area contributed by atoms with Gasteiger partial charge in [-0.15, -0.1) is 0 Å². The molecule has 6 heteroatoms. The average molecular weight is 241 g/mol. The Labute approximate surface area is 101 Å². The topological polar surface area (TPSA) is 69.4 Å². The smallest absolute Gasteiger partial charge is 0.252 e. The summed E-state index contributed by atoms with van der Waals surface area (Å²) in [5.74, 6) is 1.13. The second kappa shape index (κ2) is 5.12. The van der Waals surface area contributed by atoms with Crippen LogP contribution in [0.4, 0.5) is 0 Å². The Balaban J connectivity index is 1.71. The molecule has 1 fully saturated rings. The number of aryl methyl sites for hydroxylation is 1. The molecule has 1 N–H and O–H groups in total. The van der Waals surface area contributed by atoms with Gasteiger partial charge in [-0.1, -0.05) is 5.16 Å². The number of hydrogen-bond acceptors (Lipinski definition) is 6. The molecule has 0 saturated carbocycles. The summed E-state index contributed by atoms with van der Waals surface area (Å²) in [6.45, 7) is 8.45. The monoisotopic (exact) mass is 241 g/mol. The summed E-state index contributed by atoms with van der Waals surface area (Å²) in [7, 11) is 0. The lowest BCUT2D eigenvalue weighted by Crippen LogP contribution is -2.51. The summed E-state index contributed by atoms with van der Waals surface area (Å²) in [5, 5.41) is 7.02. The number of rotatable bonds is 4. The van der Waals surface area contributed by atoms with Crippen LogP contribution < -0.4 is 5.32 Å². The maximum Gasteiger partial charge on any atom is 0.252 e. The summed E-state index contributed by atoms with van der Waals surface area (Å²) < 4.78 is 16.3. The van der Waals surface area contributed by atoms with Crippen molar-refractivity contribution < 1.29 is 14.0 Å². The highest BCUT2D eigenvalue weighted by atomic mass is 16.6. The molecule has 1 aromatic rings. The van der Waals surface area contributed by atoms with Crippen molar-refractivity contribution in [2.24, 2.45) is 0 Å². The number of nitrogens with one attached hydrogen (secondary N) is 1. The van der Waals surface area contributed by atoms with Crippen LogP contribution in [0.1, 0.15) is 25.6 Å². The first-order chi connectivity index (χ1) is 8.05. The summed E-state index contributed by atoms with van der Waals surface area (Å²) >= 11 is 0. The molecule has 17 heavy (non-hydrogen) atoms. The SMILES string of the molecule is Cc1noc(COCC2CNCC(C)(C)O2)n1. The van der Waals surface area contributed by atoms with Crippen molar-refractivity contribution in [1.82, 2.24) is 15.5 Å². The van der Waals surface area contributed by atoms with E-state index in [1.807, 2.05) is 0 Å². The van der Waals surface area contributed by atoms with Gasteiger partial charge < -0.3 is 19.3 Å². The van der Waals surface area contributed by atoms with Gasteiger partial charge in [0.25, 0.3) is 5.89 Å². The van der Waals surface area contributed by atoms with Crippen molar-refractivity contribution in [1.29, 1.82) is 0 Å². The van der Waals surface area contributed by atoms with E-state index >= 15 is 0 Å². The fourth-order valence-corrected chi connectivity index (χ4v) is 1.84. The second-order valence-corrected chi connectivity index (χ2v) is 4.88. The second-order valence-electron chi connectivity index (χ2n) is 4.88. The van der Waals surface area contributed by atoms with E-state index in [-0.39, 0.29) is 11.7 Å². The fourth-order valence-electron chi connectivity index (χ4n) is 1.84. The Bertz CT molecular complexity index is 365.